The van der Waals surface area contributed by atoms with Gasteiger partial charge in [0.1, 0.15) is 6.04 Å². The Morgan fingerprint density at radius 2 is 1.73 bits per heavy atom. The molecule has 1 aliphatic rings. The second kappa shape index (κ2) is 7.84. The molecule has 2 aromatic rings. The molecule has 124 valence electrons. The zero-order chi connectivity index (χ0) is 14.2. The van der Waals surface area contributed by atoms with Gasteiger partial charge in [0.15, 0.2) is 0 Å². The van der Waals surface area contributed by atoms with E-state index in [4.69, 9.17) is 0 Å². The summed E-state index contributed by atoms with van der Waals surface area (Å²) in [5.41, 5.74) is 0.389. The monoisotopic (exact) mass is 372 g/mol. The maximum absolute atomic E-state index is 13.5. The molecular weight excluding hydrogens is 356 g/mol. The number of hydrogen-bond donors (Lipinski definition) is 1. The molecule has 3 rings (SSSR count). The highest BCUT2D eigenvalue weighted by atomic mass is 35.5. The van der Waals surface area contributed by atoms with Crippen LogP contribution in [0.15, 0.2) is 29.6 Å². The number of nitrogens with one attached hydrogen (secondary N) is 1. The molecule has 1 saturated heterocycles. The summed E-state index contributed by atoms with van der Waals surface area (Å²) in [7, 11) is 0. The van der Waals surface area contributed by atoms with Crippen molar-refractivity contribution in [1.29, 1.82) is 0 Å². The summed E-state index contributed by atoms with van der Waals surface area (Å²) in [6.45, 7) is 2.06. The lowest BCUT2D eigenvalue weighted by Gasteiger charge is -2.35. The van der Waals surface area contributed by atoms with Crippen molar-refractivity contribution < 1.29 is 13.2 Å². The summed E-state index contributed by atoms with van der Waals surface area (Å²) in [4.78, 5) is 1.53. The quantitative estimate of drug-likeness (QED) is 0.847. The van der Waals surface area contributed by atoms with Gasteiger partial charge in [0.05, 0.1) is 0 Å². The molecule has 0 amide bonds. The van der Waals surface area contributed by atoms with Gasteiger partial charge in [-0.2, -0.15) is 13.2 Å². The molecule has 1 fully saturated rings. The maximum atomic E-state index is 13.5. The number of hydrogen-bond acceptors (Lipinski definition) is 3. The van der Waals surface area contributed by atoms with Gasteiger partial charge in [-0.1, -0.05) is 18.2 Å². The van der Waals surface area contributed by atoms with E-state index in [0.717, 1.165) is 10.1 Å². The number of piperazine rings is 1. The summed E-state index contributed by atoms with van der Waals surface area (Å²) in [5.74, 6) is 0. The minimum absolute atomic E-state index is 0. The van der Waals surface area contributed by atoms with Gasteiger partial charge in [0.25, 0.3) is 0 Å². The average molecular weight is 373 g/mol. The second-order valence-corrected chi connectivity index (χ2v) is 5.83. The molecule has 0 unspecified atom stereocenters. The lowest BCUT2D eigenvalue weighted by Crippen LogP contribution is -2.48. The van der Waals surface area contributed by atoms with E-state index >= 15 is 0 Å². The first-order valence-electron chi connectivity index (χ1n) is 6.55. The molecule has 1 atom stereocenters. The Morgan fingerprint density at radius 1 is 1.09 bits per heavy atom. The van der Waals surface area contributed by atoms with E-state index in [9.17, 15) is 13.2 Å². The minimum atomic E-state index is -4.25. The van der Waals surface area contributed by atoms with Gasteiger partial charge in [-0.05, 0) is 22.4 Å². The van der Waals surface area contributed by atoms with Crippen LogP contribution in [0.5, 0.6) is 0 Å². The smallest absolute Gasteiger partial charge is 0.314 e. The highest BCUT2D eigenvalue weighted by molar-refractivity contribution is 7.17. The zero-order valence-corrected chi connectivity index (χ0v) is 14.0. The Bertz CT molecular complexity index is 597. The molecule has 0 radical (unpaired) electrons. The summed E-state index contributed by atoms with van der Waals surface area (Å²) < 4.78 is 41.5. The summed E-state index contributed by atoms with van der Waals surface area (Å²) in [6, 6.07) is 5.80. The molecule has 8 heteroatoms. The van der Waals surface area contributed by atoms with Crippen LogP contribution in [0.25, 0.3) is 10.1 Å². The van der Waals surface area contributed by atoms with Crippen LogP contribution < -0.4 is 5.32 Å². The number of halogens is 5. The van der Waals surface area contributed by atoms with Crippen molar-refractivity contribution in [2.75, 3.05) is 26.2 Å². The van der Waals surface area contributed by atoms with Crippen LogP contribution in [0.1, 0.15) is 11.6 Å². The highest BCUT2D eigenvalue weighted by Gasteiger charge is 2.45. The third kappa shape index (κ3) is 3.86. The SMILES string of the molecule is Cl.Cl.FC(F)(F)[C@@H](c1csc2ccccc12)N1CCNCC1. The van der Waals surface area contributed by atoms with Crippen molar-refractivity contribution >= 4 is 46.2 Å². The van der Waals surface area contributed by atoms with Crippen LogP contribution >= 0.6 is 36.2 Å². The molecule has 0 saturated carbocycles. The highest BCUT2D eigenvalue weighted by Crippen LogP contribution is 2.42. The van der Waals surface area contributed by atoms with Crippen LogP contribution in [0.3, 0.4) is 0 Å². The molecule has 1 aromatic heterocycles. The number of nitrogens with zero attached hydrogens (tertiary/aromatic N) is 1. The van der Waals surface area contributed by atoms with Crippen LogP contribution in [0.4, 0.5) is 13.2 Å². The Hall–Kier alpha value is -0.530. The molecule has 2 nitrogen and oxygen atoms in total. The van der Waals surface area contributed by atoms with Gasteiger partial charge >= 0.3 is 6.18 Å². The van der Waals surface area contributed by atoms with Gasteiger partial charge in [-0.15, -0.1) is 36.2 Å². The summed E-state index contributed by atoms with van der Waals surface area (Å²) in [6.07, 6.45) is -4.25. The third-order valence-corrected chi connectivity index (χ3v) is 4.61. The Balaban J connectivity index is 0.00000121. The largest absolute Gasteiger partial charge is 0.408 e. The standard InChI is InChI=1S/C14H15F3N2S.2ClH/c15-14(16,17)13(19-7-5-18-6-8-19)11-9-20-12-4-2-1-3-10(11)12;;/h1-4,9,13,18H,5-8H2;2*1H/t13-;;/m1../s1. The molecule has 1 aromatic carbocycles. The first-order chi connectivity index (χ1) is 9.57. The molecular formula is C14H17Cl2F3N2S. The van der Waals surface area contributed by atoms with Gasteiger partial charge < -0.3 is 5.32 Å². The van der Waals surface area contributed by atoms with Gasteiger partial charge in [0, 0.05) is 30.9 Å². The number of thiophene rings is 1. The summed E-state index contributed by atoms with van der Waals surface area (Å²) in [5, 5.41) is 5.48. The van der Waals surface area contributed by atoms with Crippen molar-refractivity contribution in [1.82, 2.24) is 10.2 Å². The van der Waals surface area contributed by atoms with Crippen molar-refractivity contribution in [2.24, 2.45) is 0 Å². The molecule has 0 aliphatic carbocycles. The van der Waals surface area contributed by atoms with E-state index in [2.05, 4.69) is 5.32 Å². The van der Waals surface area contributed by atoms with Crippen LogP contribution in [-0.4, -0.2) is 37.3 Å². The predicted molar refractivity (Wildman–Crippen MR) is 89.6 cm³/mol. The number of alkyl halides is 3. The van der Waals surface area contributed by atoms with Crippen molar-refractivity contribution in [3.63, 3.8) is 0 Å². The van der Waals surface area contributed by atoms with E-state index < -0.39 is 12.2 Å². The van der Waals surface area contributed by atoms with E-state index in [1.165, 1.54) is 16.2 Å². The molecule has 1 aliphatic heterocycles. The maximum Gasteiger partial charge on any atom is 0.408 e. The lowest BCUT2D eigenvalue weighted by atomic mass is 10.0. The Morgan fingerprint density at radius 3 is 2.36 bits per heavy atom. The first kappa shape index (κ1) is 19.5. The Labute approximate surface area is 143 Å². The van der Waals surface area contributed by atoms with Crippen molar-refractivity contribution in [3.8, 4) is 0 Å². The topological polar surface area (TPSA) is 15.3 Å². The predicted octanol–water partition coefficient (Wildman–Crippen LogP) is 4.25. The van der Waals surface area contributed by atoms with E-state index in [0.29, 0.717) is 31.7 Å². The third-order valence-electron chi connectivity index (χ3n) is 3.63. The van der Waals surface area contributed by atoms with E-state index in [1.807, 2.05) is 12.1 Å². The molecule has 22 heavy (non-hydrogen) atoms. The van der Waals surface area contributed by atoms with Gasteiger partial charge in [-0.3, -0.25) is 4.90 Å². The van der Waals surface area contributed by atoms with Gasteiger partial charge in [-0.25, -0.2) is 0 Å². The van der Waals surface area contributed by atoms with Crippen molar-refractivity contribution in [3.05, 3.63) is 35.2 Å². The molecule has 2 heterocycles. The number of benzene rings is 1. The van der Waals surface area contributed by atoms with Crippen molar-refractivity contribution in [2.45, 2.75) is 12.2 Å². The number of fused-ring (bicyclic) bond motifs is 1. The fourth-order valence-corrected chi connectivity index (χ4v) is 3.71. The van der Waals surface area contributed by atoms with Crippen LogP contribution in [0.2, 0.25) is 0 Å². The van der Waals surface area contributed by atoms with E-state index in [1.54, 1.807) is 17.5 Å². The fraction of sp³-hybridized carbons (Fsp3) is 0.429. The normalized spacial score (nSPS) is 17.6. The average Bonchev–Trinajstić information content (AvgIpc) is 2.83. The minimum Gasteiger partial charge on any atom is -0.314 e. The van der Waals surface area contributed by atoms with E-state index in [-0.39, 0.29) is 24.8 Å². The Kier molecular flexibility index (Phi) is 6.95. The first-order valence-corrected chi connectivity index (χ1v) is 7.43. The molecule has 1 N–H and O–H groups in total. The van der Waals surface area contributed by atoms with Gasteiger partial charge in [0.2, 0.25) is 0 Å². The van der Waals surface area contributed by atoms with Crippen LogP contribution in [-0.2, 0) is 0 Å². The summed E-state index contributed by atoms with van der Waals surface area (Å²) >= 11 is 1.38. The van der Waals surface area contributed by atoms with Crippen LogP contribution in [0, 0.1) is 0 Å². The zero-order valence-electron chi connectivity index (χ0n) is 11.6. The number of rotatable bonds is 2. The lowest BCUT2D eigenvalue weighted by molar-refractivity contribution is -0.187. The molecule has 0 spiro atoms. The molecule has 0 bridgehead atoms. The second-order valence-electron chi connectivity index (χ2n) is 4.92. The fourth-order valence-electron chi connectivity index (χ4n) is 2.73.